The fourth-order valence-electron chi connectivity index (χ4n) is 2.86. The minimum atomic E-state index is -3.71. The summed E-state index contributed by atoms with van der Waals surface area (Å²) in [5, 5.41) is 6.70. The Hall–Kier alpha value is -2.27. The lowest BCUT2D eigenvalue weighted by atomic mass is 10.1. The molecule has 2 amide bonds. The van der Waals surface area contributed by atoms with Crippen molar-refractivity contribution in [2.24, 2.45) is 0 Å². The van der Waals surface area contributed by atoms with Crippen LogP contribution < -0.4 is 10.6 Å². The molecule has 0 radical (unpaired) electrons. The number of nitrogens with zero attached hydrogens (tertiary/aromatic N) is 1. The number of hydrogen-bond acceptors (Lipinski definition) is 6. The van der Waals surface area contributed by atoms with Crippen LogP contribution in [0.15, 0.2) is 46.0 Å². The van der Waals surface area contributed by atoms with Crippen molar-refractivity contribution in [3.05, 3.63) is 52.9 Å². The molecule has 1 atom stereocenters. The van der Waals surface area contributed by atoms with E-state index in [9.17, 15) is 18.0 Å². The molecule has 8 nitrogen and oxygen atoms in total. The summed E-state index contributed by atoms with van der Waals surface area (Å²) in [5.74, 6) is -1.62. The van der Waals surface area contributed by atoms with Crippen LogP contribution >= 0.6 is 11.3 Å². The highest BCUT2D eigenvalue weighted by atomic mass is 32.2. The molecular weight excluding hydrogens is 414 g/mol. The van der Waals surface area contributed by atoms with E-state index in [2.05, 4.69) is 10.6 Å². The monoisotopic (exact) mass is 437 g/mol. The number of nitrogens with one attached hydrogen (secondary N) is 2. The molecule has 1 fully saturated rings. The molecular formula is C19H23N3O5S2. The zero-order valence-electron chi connectivity index (χ0n) is 16.0. The molecule has 0 unspecified atom stereocenters. The van der Waals surface area contributed by atoms with Gasteiger partial charge in [-0.1, -0.05) is 35.9 Å². The number of sulfonamides is 1. The fraction of sp³-hybridized carbons (Fsp3) is 0.368. The summed E-state index contributed by atoms with van der Waals surface area (Å²) in [6, 6.07) is 10.8. The second-order valence-electron chi connectivity index (χ2n) is 6.61. The van der Waals surface area contributed by atoms with Crippen molar-refractivity contribution in [3.8, 4) is 0 Å². The molecule has 1 aliphatic rings. The Morgan fingerprint density at radius 1 is 1.17 bits per heavy atom. The number of carbonyl (C=O) groups excluding carboxylic acids is 2. The minimum absolute atomic E-state index is 0.110. The van der Waals surface area contributed by atoms with Crippen molar-refractivity contribution < 1.29 is 22.7 Å². The van der Waals surface area contributed by atoms with Gasteiger partial charge in [0, 0.05) is 13.1 Å². The number of amides is 2. The Kier molecular flexibility index (Phi) is 7.01. The lowest BCUT2D eigenvalue weighted by Crippen LogP contribution is -2.52. The SMILES string of the molecule is Cc1ccc(CNC(=O)C(=O)NC[C@@H]2OCCCN2S(=O)(=O)c2cccs2)cc1. The Labute approximate surface area is 173 Å². The van der Waals surface area contributed by atoms with Crippen LogP contribution in [0.3, 0.4) is 0 Å². The largest absolute Gasteiger partial charge is 0.360 e. The molecule has 1 aromatic heterocycles. The Morgan fingerprint density at radius 2 is 1.90 bits per heavy atom. The van der Waals surface area contributed by atoms with Gasteiger partial charge in [0.25, 0.3) is 10.0 Å². The van der Waals surface area contributed by atoms with E-state index in [0.717, 1.165) is 22.5 Å². The van der Waals surface area contributed by atoms with Gasteiger partial charge in [0.05, 0.1) is 13.2 Å². The molecule has 1 aromatic carbocycles. The molecule has 1 aliphatic heterocycles. The summed E-state index contributed by atoms with van der Waals surface area (Å²) in [5.41, 5.74) is 1.98. The van der Waals surface area contributed by atoms with Crippen molar-refractivity contribution in [2.75, 3.05) is 19.7 Å². The smallest absolute Gasteiger partial charge is 0.309 e. The maximum Gasteiger partial charge on any atom is 0.309 e. The molecule has 10 heteroatoms. The number of rotatable bonds is 6. The van der Waals surface area contributed by atoms with Crippen LogP contribution in [-0.2, 0) is 30.9 Å². The third-order valence-corrected chi connectivity index (χ3v) is 7.69. The standard InChI is InChI=1S/C19H23N3O5S2/c1-14-5-7-15(8-6-14)12-20-18(23)19(24)21-13-16-22(9-3-10-27-16)29(25,26)17-4-2-11-28-17/h2,4-8,11,16H,3,9-10,12-13H2,1H3,(H,20,23)(H,21,24)/t16-/m0/s1. The molecule has 0 spiro atoms. The van der Waals surface area contributed by atoms with Gasteiger partial charge in [0.15, 0.2) is 0 Å². The highest BCUT2D eigenvalue weighted by Crippen LogP contribution is 2.25. The molecule has 2 N–H and O–H groups in total. The molecule has 3 rings (SSSR count). The van der Waals surface area contributed by atoms with Gasteiger partial charge in [0.1, 0.15) is 10.4 Å². The van der Waals surface area contributed by atoms with E-state index in [1.54, 1.807) is 11.4 Å². The summed E-state index contributed by atoms with van der Waals surface area (Å²) in [7, 11) is -3.71. The van der Waals surface area contributed by atoms with Gasteiger partial charge in [0.2, 0.25) is 0 Å². The first-order chi connectivity index (χ1) is 13.9. The van der Waals surface area contributed by atoms with E-state index in [0.29, 0.717) is 19.6 Å². The molecule has 0 saturated carbocycles. The topological polar surface area (TPSA) is 105 Å². The quantitative estimate of drug-likeness (QED) is 0.662. The predicted octanol–water partition coefficient (Wildman–Crippen LogP) is 1.23. The van der Waals surface area contributed by atoms with Gasteiger partial charge in [-0.2, -0.15) is 4.31 Å². The minimum Gasteiger partial charge on any atom is -0.360 e. The Morgan fingerprint density at radius 3 is 2.59 bits per heavy atom. The summed E-state index contributed by atoms with van der Waals surface area (Å²) in [6.07, 6.45) is -0.295. The van der Waals surface area contributed by atoms with Gasteiger partial charge in [-0.05, 0) is 30.4 Å². The Balaban J connectivity index is 1.55. The normalized spacial score (nSPS) is 17.6. The summed E-state index contributed by atoms with van der Waals surface area (Å²) < 4.78 is 32.6. The number of carbonyl (C=O) groups is 2. The van der Waals surface area contributed by atoms with E-state index >= 15 is 0 Å². The lowest BCUT2D eigenvalue weighted by Gasteiger charge is -2.34. The third kappa shape index (κ3) is 5.41. The van der Waals surface area contributed by atoms with Gasteiger partial charge in [-0.3, -0.25) is 9.59 Å². The van der Waals surface area contributed by atoms with Gasteiger partial charge in [-0.15, -0.1) is 11.3 Å². The number of aryl methyl sites for hydroxylation is 1. The van der Waals surface area contributed by atoms with Crippen LogP contribution in [0.1, 0.15) is 17.5 Å². The van der Waals surface area contributed by atoms with Crippen LogP contribution in [0.5, 0.6) is 0 Å². The zero-order valence-corrected chi connectivity index (χ0v) is 17.6. The molecule has 1 saturated heterocycles. The highest BCUT2D eigenvalue weighted by Gasteiger charge is 2.35. The van der Waals surface area contributed by atoms with E-state index in [-0.39, 0.29) is 17.3 Å². The molecule has 0 aliphatic carbocycles. The summed E-state index contributed by atoms with van der Waals surface area (Å²) >= 11 is 1.12. The zero-order chi connectivity index (χ0) is 20.9. The Bertz CT molecular complexity index is 943. The molecule has 29 heavy (non-hydrogen) atoms. The van der Waals surface area contributed by atoms with Crippen molar-refractivity contribution >= 4 is 33.2 Å². The summed E-state index contributed by atoms with van der Waals surface area (Å²) in [6.45, 7) is 2.76. The maximum absolute atomic E-state index is 12.8. The van der Waals surface area contributed by atoms with Crippen molar-refractivity contribution in [2.45, 2.75) is 30.3 Å². The van der Waals surface area contributed by atoms with Crippen LogP contribution in [0.25, 0.3) is 0 Å². The predicted molar refractivity (Wildman–Crippen MR) is 109 cm³/mol. The molecule has 0 bridgehead atoms. The lowest BCUT2D eigenvalue weighted by molar-refractivity contribution is -0.140. The van der Waals surface area contributed by atoms with Crippen LogP contribution in [0.2, 0.25) is 0 Å². The maximum atomic E-state index is 12.8. The van der Waals surface area contributed by atoms with E-state index < -0.39 is 28.1 Å². The third-order valence-electron chi connectivity index (χ3n) is 4.43. The van der Waals surface area contributed by atoms with E-state index in [1.165, 1.54) is 10.4 Å². The van der Waals surface area contributed by atoms with Gasteiger partial charge in [-0.25, -0.2) is 8.42 Å². The fourth-order valence-corrected chi connectivity index (χ4v) is 5.54. The average molecular weight is 438 g/mol. The molecule has 2 aromatic rings. The van der Waals surface area contributed by atoms with Crippen molar-refractivity contribution in [1.29, 1.82) is 0 Å². The van der Waals surface area contributed by atoms with Gasteiger partial charge >= 0.3 is 11.8 Å². The number of thiophene rings is 1. The first-order valence-electron chi connectivity index (χ1n) is 9.16. The second kappa shape index (κ2) is 9.49. The van der Waals surface area contributed by atoms with E-state index in [1.807, 2.05) is 31.2 Å². The number of ether oxygens (including phenoxy) is 1. The molecule has 156 valence electrons. The first kappa shape index (κ1) is 21.4. The number of benzene rings is 1. The van der Waals surface area contributed by atoms with Crippen LogP contribution in [0.4, 0.5) is 0 Å². The van der Waals surface area contributed by atoms with Crippen LogP contribution in [0, 0.1) is 6.92 Å². The van der Waals surface area contributed by atoms with Crippen LogP contribution in [-0.4, -0.2) is 50.5 Å². The van der Waals surface area contributed by atoms with Crippen molar-refractivity contribution in [1.82, 2.24) is 14.9 Å². The number of hydrogen-bond donors (Lipinski definition) is 2. The highest BCUT2D eigenvalue weighted by molar-refractivity contribution is 7.91. The second-order valence-corrected chi connectivity index (χ2v) is 9.67. The average Bonchev–Trinajstić information content (AvgIpc) is 3.27. The van der Waals surface area contributed by atoms with E-state index in [4.69, 9.17) is 4.74 Å². The molecule has 2 heterocycles. The van der Waals surface area contributed by atoms with Gasteiger partial charge < -0.3 is 15.4 Å². The first-order valence-corrected chi connectivity index (χ1v) is 11.5. The van der Waals surface area contributed by atoms with Crippen molar-refractivity contribution in [3.63, 3.8) is 0 Å². The summed E-state index contributed by atoms with van der Waals surface area (Å²) in [4.78, 5) is 24.1.